The lowest BCUT2D eigenvalue weighted by Crippen LogP contribution is -2.13. The first-order valence-corrected chi connectivity index (χ1v) is 6.50. The zero-order valence-corrected chi connectivity index (χ0v) is 12.1. The molecular weight excluding hydrogens is 288 g/mol. The van der Waals surface area contributed by atoms with E-state index in [9.17, 15) is 14.9 Å². The summed E-state index contributed by atoms with van der Waals surface area (Å²) in [6.07, 6.45) is 0. The van der Waals surface area contributed by atoms with Gasteiger partial charge in [-0.25, -0.2) is 14.8 Å². The Kier molecular flexibility index (Phi) is 4.31. The maximum Gasteiger partial charge on any atom is 0.342 e. The van der Waals surface area contributed by atoms with Crippen molar-refractivity contribution in [2.45, 2.75) is 13.8 Å². The Bertz CT molecular complexity index is 746. The first-order valence-electron chi connectivity index (χ1n) is 6.50. The second-order valence-corrected chi connectivity index (χ2v) is 4.42. The smallest absolute Gasteiger partial charge is 0.342 e. The van der Waals surface area contributed by atoms with Crippen LogP contribution in [0.5, 0.6) is 0 Å². The summed E-state index contributed by atoms with van der Waals surface area (Å²) in [6.45, 7) is 3.47. The van der Waals surface area contributed by atoms with Gasteiger partial charge in [-0.3, -0.25) is 10.1 Å². The number of anilines is 1. The van der Waals surface area contributed by atoms with Crippen molar-refractivity contribution in [1.82, 2.24) is 9.97 Å². The predicted octanol–water partition coefficient (Wildman–Crippen LogP) is 2.12. The molecule has 0 atom stereocenters. The number of rotatable bonds is 4. The number of carbonyl (C=O) groups is 1. The van der Waals surface area contributed by atoms with Crippen LogP contribution in [0.25, 0.3) is 11.3 Å². The normalized spacial score (nSPS) is 10.3. The van der Waals surface area contributed by atoms with E-state index in [1.165, 1.54) is 18.2 Å². The van der Waals surface area contributed by atoms with Gasteiger partial charge >= 0.3 is 5.97 Å². The number of ether oxygens (including phenoxy) is 1. The van der Waals surface area contributed by atoms with Crippen molar-refractivity contribution in [3.8, 4) is 11.3 Å². The van der Waals surface area contributed by atoms with Gasteiger partial charge in [0.2, 0.25) is 5.95 Å². The van der Waals surface area contributed by atoms with Crippen molar-refractivity contribution in [2.24, 2.45) is 0 Å². The zero-order valence-electron chi connectivity index (χ0n) is 12.1. The van der Waals surface area contributed by atoms with Gasteiger partial charge in [0.05, 0.1) is 22.9 Å². The Hall–Kier alpha value is -3.03. The van der Waals surface area contributed by atoms with Crippen LogP contribution < -0.4 is 5.73 Å². The molecule has 2 N–H and O–H groups in total. The molecule has 1 aromatic carbocycles. The summed E-state index contributed by atoms with van der Waals surface area (Å²) >= 11 is 0. The Morgan fingerprint density at radius 2 is 2.14 bits per heavy atom. The van der Waals surface area contributed by atoms with Crippen molar-refractivity contribution in [3.05, 3.63) is 45.6 Å². The number of nitrogens with two attached hydrogens (primary N) is 1. The van der Waals surface area contributed by atoms with E-state index in [2.05, 4.69) is 9.97 Å². The summed E-state index contributed by atoms with van der Waals surface area (Å²) in [4.78, 5) is 30.5. The van der Waals surface area contributed by atoms with E-state index in [1.807, 2.05) is 0 Å². The number of hydrogen-bond donors (Lipinski definition) is 1. The van der Waals surface area contributed by atoms with Gasteiger partial charge in [-0.15, -0.1) is 0 Å². The van der Waals surface area contributed by atoms with Crippen molar-refractivity contribution in [2.75, 3.05) is 12.3 Å². The summed E-state index contributed by atoms with van der Waals surface area (Å²) in [5.74, 6) is -0.617. The molecule has 0 fully saturated rings. The molecule has 8 heteroatoms. The number of nitro groups is 1. The molecule has 0 aliphatic heterocycles. The highest BCUT2D eigenvalue weighted by Gasteiger charge is 2.21. The third-order valence-corrected chi connectivity index (χ3v) is 2.92. The number of benzene rings is 1. The number of carbonyl (C=O) groups excluding carboxylic acids is 1. The summed E-state index contributed by atoms with van der Waals surface area (Å²) in [6, 6.07) is 5.79. The van der Waals surface area contributed by atoms with Gasteiger partial charge in [0, 0.05) is 17.7 Å². The fourth-order valence-electron chi connectivity index (χ4n) is 2.02. The maximum absolute atomic E-state index is 12.1. The van der Waals surface area contributed by atoms with Gasteiger partial charge in [-0.2, -0.15) is 0 Å². The summed E-state index contributed by atoms with van der Waals surface area (Å²) in [7, 11) is 0. The molecule has 0 aliphatic rings. The standard InChI is InChI=1S/C14H14N4O4/c1-3-22-13(19)11-8(2)16-14(15)17-12(11)9-5-4-6-10(7-9)18(20)21/h4-7H,3H2,1-2H3,(H2,15,16,17). The van der Waals surface area contributed by atoms with Crippen LogP contribution in [-0.4, -0.2) is 27.5 Å². The zero-order chi connectivity index (χ0) is 16.3. The fourth-order valence-corrected chi connectivity index (χ4v) is 2.02. The number of hydrogen-bond acceptors (Lipinski definition) is 7. The van der Waals surface area contributed by atoms with E-state index in [0.29, 0.717) is 11.3 Å². The molecule has 0 saturated carbocycles. The molecule has 22 heavy (non-hydrogen) atoms. The SMILES string of the molecule is CCOC(=O)c1c(C)nc(N)nc1-c1cccc([N+](=O)[O-])c1. The molecule has 8 nitrogen and oxygen atoms in total. The first-order chi connectivity index (χ1) is 10.4. The molecule has 2 aromatic rings. The van der Waals surface area contributed by atoms with Crippen LogP contribution in [0.2, 0.25) is 0 Å². The molecule has 0 saturated heterocycles. The molecule has 114 valence electrons. The Morgan fingerprint density at radius 3 is 2.77 bits per heavy atom. The fraction of sp³-hybridized carbons (Fsp3) is 0.214. The van der Waals surface area contributed by atoms with Crippen molar-refractivity contribution in [1.29, 1.82) is 0 Å². The lowest BCUT2D eigenvalue weighted by Gasteiger charge is -2.11. The van der Waals surface area contributed by atoms with E-state index in [-0.39, 0.29) is 29.5 Å². The summed E-state index contributed by atoms with van der Waals surface area (Å²) in [5.41, 5.74) is 6.64. The summed E-state index contributed by atoms with van der Waals surface area (Å²) < 4.78 is 4.99. The molecule has 0 aliphatic carbocycles. The number of nitrogens with zero attached hydrogens (tertiary/aromatic N) is 3. The number of esters is 1. The molecule has 1 heterocycles. The number of aromatic nitrogens is 2. The van der Waals surface area contributed by atoms with Crippen LogP contribution in [0, 0.1) is 17.0 Å². The van der Waals surface area contributed by atoms with Gasteiger partial charge in [-0.1, -0.05) is 12.1 Å². The third kappa shape index (κ3) is 3.00. The highest BCUT2D eigenvalue weighted by atomic mass is 16.6. The van der Waals surface area contributed by atoms with E-state index in [1.54, 1.807) is 19.9 Å². The van der Waals surface area contributed by atoms with Gasteiger partial charge in [0.25, 0.3) is 5.69 Å². The largest absolute Gasteiger partial charge is 0.462 e. The van der Waals surface area contributed by atoms with Gasteiger partial charge in [-0.05, 0) is 13.8 Å². The molecule has 0 radical (unpaired) electrons. The van der Waals surface area contributed by atoms with Crippen LogP contribution >= 0.6 is 0 Å². The Morgan fingerprint density at radius 1 is 1.41 bits per heavy atom. The topological polar surface area (TPSA) is 121 Å². The van der Waals surface area contributed by atoms with Gasteiger partial charge < -0.3 is 10.5 Å². The van der Waals surface area contributed by atoms with Crippen molar-refractivity contribution >= 4 is 17.6 Å². The van der Waals surface area contributed by atoms with Crippen LogP contribution in [0.15, 0.2) is 24.3 Å². The minimum absolute atomic E-state index is 0.0212. The van der Waals surface area contributed by atoms with E-state index in [4.69, 9.17) is 10.5 Å². The van der Waals surface area contributed by atoms with E-state index < -0.39 is 10.9 Å². The minimum Gasteiger partial charge on any atom is -0.462 e. The highest BCUT2D eigenvalue weighted by Crippen LogP contribution is 2.27. The molecule has 0 spiro atoms. The monoisotopic (exact) mass is 302 g/mol. The highest BCUT2D eigenvalue weighted by molar-refractivity contribution is 5.97. The first kappa shape index (κ1) is 15.4. The van der Waals surface area contributed by atoms with Gasteiger partial charge in [0.15, 0.2) is 0 Å². The molecule has 0 bridgehead atoms. The molecule has 2 rings (SSSR count). The lowest BCUT2D eigenvalue weighted by molar-refractivity contribution is -0.384. The number of aryl methyl sites for hydroxylation is 1. The van der Waals surface area contributed by atoms with Crippen molar-refractivity contribution < 1.29 is 14.5 Å². The molecular formula is C14H14N4O4. The van der Waals surface area contributed by atoms with Gasteiger partial charge in [0.1, 0.15) is 5.56 Å². The quantitative estimate of drug-likeness (QED) is 0.521. The average Bonchev–Trinajstić information content (AvgIpc) is 2.46. The predicted molar refractivity (Wildman–Crippen MR) is 79.2 cm³/mol. The minimum atomic E-state index is -0.596. The number of nitro benzene ring substituents is 1. The Labute approximate surface area is 126 Å². The number of non-ortho nitro benzene ring substituents is 1. The average molecular weight is 302 g/mol. The van der Waals surface area contributed by atoms with Crippen LogP contribution in [0.4, 0.5) is 11.6 Å². The maximum atomic E-state index is 12.1. The second kappa shape index (κ2) is 6.17. The van der Waals surface area contributed by atoms with Crippen molar-refractivity contribution in [3.63, 3.8) is 0 Å². The van der Waals surface area contributed by atoms with Crippen LogP contribution in [-0.2, 0) is 4.74 Å². The molecule has 1 aromatic heterocycles. The second-order valence-electron chi connectivity index (χ2n) is 4.42. The van der Waals surface area contributed by atoms with Crippen LogP contribution in [0.1, 0.15) is 23.0 Å². The molecule has 0 amide bonds. The molecule has 0 unspecified atom stereocenters. The lowest BCUT2D eigenvalue weighted by atomic mass is 10.0. The Balaban J connectivity index is 2.66. The summed E-state index contributed by atoms with van der Waals surface area (Å²) in [5, 5.41) is 10.9. The van der Waals surface area contributed by atoms with E-state index in [0.717, 1.165) is 0 Å². The van der Waals surface area contributed by atoms with Crippen LogP contribution in [0.3, 0.4) is 0 Å². The van der Waals surface area contributed by atoms with E-state index >= 15 is 0 Å². The third-order valence-electron chi connectivity index (χ3n) is 2.92. The number of nitrogen functional groups attached to an aromatic ring is 1.